The van der Waals surface area contributed by atoms with Gasteiger partial charge in [0.2, 0.25) is 0 Å². The van der Waals surface area contributed by atoms with E-state index in [0.29, 0.717) is 24.3 Å². The van der Waals surface area contributed by atoms with Crippen molar-refractivity contribution in [2.24, 2.45) is 0 Å². The normalized spacial score (nSPS) is 13.1. The number of hydrogen-bond acceptors (Lipinski definition) is 5. The number of benzene rings is 1. The number of hydrogen-bond donors (Lipinski definition) is 2. The molecule has 3 rings (SSSR count). The highest BCUT2D eigenvalue weighted by Crippen LogP contribution is 2.38. The molecule has 0 atom stereocenters. The lowest BCUT2D eigenvalue weighted by Gasteiger charge is -2.13. The lowest BCUT2D eigenvalue weighted by Crippen LogP contribution is -2.27. The topological polar surface area (TPSA) is 67.4 Å². The molecule has 7 heteroatoms. The molecule has 1 aliphatic carbocycles. The molecule has 28 heavy (non-hydrogen) atoms. The largest absolute Gasteiger partial charge is 0.385 e. The maximum atomic E-state index is 13.0. The predicted octanol–water partition coefficient (Wildman–Crippen LogP) is 3.83. The van der Waals surface area contributed by atoms with Crippen molar-refractivity contribution in [3.05, 3.63) is 51.7 Å². The maximum Gasteiger partial charge on any atom is 0.254 e. The molecular formula is C21H25FN2O3S. The van der Waals surface area contributed by atoms with Crippen molar-refractivity contribution >= 4 is 28.0 Å². The van der Waals surface area contributed by atoms with Gasteiger partial charge in [0.25, 0.3) is 5.91 Å². The predicted molar refractivity (Wildman–Crippen MR) is 109 cm³/mol. The van der Waals surface area contributed by atoms with Crippen LogP contribution in [0.15, 0.2) is 24.3 Å². The van der Waals surface area contributed by atoms with E-state index in [-0.39, 0.29) is 24.1 Å². The minimum absolute atomic E-state index is 0.0645. The molecule has 0 radical (unpaired) electrons. The molecule has 5 nitrogen and oxygen atoms in total. The van der Waals surface area contributed by atoms with Gasteiger partial charge in [-0.3, -0.25) is 9.59 Å². The summed E-state index contributed by atoms with van der Waals surface area (Å²) in [6.45, 7) is 1.21. The Morgan fingerprint density at radius 3 is 2.68 bits per heavy atom. The van der Waals surface area contributed by atoms with Gasteiger partial charge in [-0.05, 0) is 61.9 Å². The highest BCUT2D eigenvalue weighted by atomic mass is 32.1. The van der Waals surface area contributed by atoms with E-state index in [9.17, 15) is 14.0 Å². The molecular weight excluding hydrogens is 379 g/mol. The first-order chi connectivity index (χ1) is 13.6. The van der Waals surface area contributed by atoms with Crippen LogP contribution >= 0.6 is 11.3 Å². The molecule has 0 fully saturated rings. The molecule has 1 aromatic heterocycles. The van der Waals surface area contributed by atoms with Crippen molar-refractivity contribution in [1.82, 2.24) is 5.32 Å². The first kappa shape index (κ1) is 20.5. The molecule has 0 bridgehead atoms. The summed E-state index contributed by atoms with van der Waals surface area (Å²) in [7, 11) is 1.64. The van der Waals surface area contributed by atoms with Crippen LogP contribution in [0.3, 0.4) is 0 Å². The summed E-state index contributed by atoms with van der Waals surface area (Å²) in [5, 5.41) is 6.85. The first-order valence-corrected chi connectivity index (χ1v) is 10.4. The van der Waals surface area contributed by atoms with Gasteiger partial charge in [-0.15, -0.1) is 11.3 Å². The lowest BCUT2D eigenvalue weighted by atomic mass is 9.95. The smallest absolute Gasteiger partial charge is 0.254 e. The van der Waals surface area contributed by atoms with Crippen molar-refractivity contribution in [1.29, 1.82) is 0 Å². The Kier molecular flexibility index (Phi) is 7.17. The Bertz CT molecular complexity index is 833. The van der Waals surface area contributed by atoms with Gasteiger partial charge in [0.05, 0.1) is 12.1 Å². The van der Waals surface area contributed by atoms with Crippen LogP contribution in [0.25, 0.3) is 0 Å². The maximum absolute atomic E-state index is 13.0. The fourth-order valence-electron chi connectivity index (χ4n) is 3.34. The molecule has 2 N–H and O–H groups in total. The van der Waals surface area contributed by atoms with Crippen molar-refractivity contribution < 1.29 is 18.7 Å². The number of fused-ring (bicyclic) bond motifs is 1. The summed E-state index contributed by atoms with van der Waals surface area (Å²) in [6, 6.07) is 5.50. The molecule has 0 saturated heterocycles. The van der Waals surface area contributed by atoms with Gasteiger partial charge in [-0.1, -0.05) is 0 Å². The van der Waals surface area contributed by atoms with E-state index in [1.54, 1.807) is 18.4 Å². The Hall–Kier alpha value is -2.25. The number of carbonyl (C=O) groups excluding carboxylic acids is 2. The number of ether oxygens (including phenoxy) is 1. The van der Waals surface area contributed by atoms with Crippen LogP contribution in [0, 0.1) is 5.82 Å². The Labute approximate surface area is 168 Å². The third kappa shape index (κ3) is 4.97. The van der Waals surface area contributed by atoms with Gasteiger partial charge in [-0.25, -0.2) is 4.39 Å². The summed E-state index contributed by atoms with van der Waals surface area (Å²) < 4.78 is 18.1. The van der Waals surface area contributed by atoms with Crippen molar-refractivity contribution in [2.45, 2.75) is 32.1 Å². The highest BCUT2D eigenvalue weighted by molar-refractivity contribution is 7.16. The third-order valence-corrected chi connectivity index (χ3v) is 6.03. The summed E-state index contributed by atoms with van der Waals surface area (Å²) in [6.07, 6.45) is 4.80. The van der Waals surface area contributed by atoms with E-state index in [0.717, 1.165) is 42.7 Å². The third-order valence-electron chi connectivity index (χ3n) is 4.78. The van der Waals surface area contributed by atoms with E-state index >= 15 is 0 Å². The average molecular weight is 405 g/mol. The summed E-state index contributed by atoms with van der Waals surface area (Å²) in [4.78, 5) is 26.4. The number of halogens is 1. The monoisotopic (exact) mass is 404 g/mol. The zero-order chi connectivity index (χ0) is 19.9. The molecule has 0 saturated carbocycles. The minimum atomic E-state index is -0.372. The van der Waals surface area contributed by atoms with Crippen LogP contribution in [-0.2, 0) is 17.6 Å². The molecule has 1 amide bonds. The van der Waals surface area contributed by atoms with E-state index in [4.69, 9.17) is 4.74 Å². The molecule has 0 unspecified atom stereocenters. The summed E-state index contributed by atoms with van der Waals surface area (Å²) in [5.74, 6) is -0.618. The molecule has 2 aromatic rings. The average Bonchev–Trinajstić information content (AvgIpc) is 3.08. The van der Waals surface area contributed by atoms with Crippen LogP contribution in [0.5, 0.6) is 0 Å². The fraction of sp³-hybridized carbons (Fsp3) is 0.429. The number of carbonyl (C=O) groups is 2. The Balaban J connectivity index is 1.72. The second-order valence-corrected chi connectivity index (χ2v) is 7.91. The van der Waals surface area contributed by atoms with Crippen molar-refractivity contribution in [2.75, 3.05) is 32.1 Å². The van der Waals surface area contributed by atoms with E-state index < -0.39 is 0 Å². The molecule has 1 aromatic carbocycles. The number of Topliss-reactive ketones (excluding diaryl/α,β-unsaturated/α-hetero) is 1. The summed E-state index contributed by atoms with van der Waals surface area (Å²) >= 11 is 1.56. The van der Waals surface area contributed by atoms with E-state index in [2.05, 4.69) is 10.6 Å². The van der Waals surface area contributed by atoms with E-state index in [1.807, 2.05) is 0 Å². The van der Waals surface area contributed by atoms with Gasteiger partial charge in [-0.2, -0.15) is 0 Å². The number of methoxy groups -OCH3 is 1. The molecule has 0 spiro atoms. The fourth-order valence-corrected chi connectivity index (χ4v) is 4.62. The van der Waals surface area contributed by atoms with Gasteiger partial charge in [0.1, 0.15) is 10.8 Å². The van der Waals surface area contributed by atoms with Crippen LogP contribution in [0.4, 0.5) is 9.39 Å². The quantitative estimate of drug-likeness (QED) is 0.492. The number of anilines is 1. The lowest BCUT2D eigenvalue weighted by molar-refractivity contribution is 0.0946. The number of nitrogens with one attached hydrogen (secondary N) is 2. The molecule has 1 aliphatic rings. The summed E-state index contributed by atoms with van der Waals surface area (Å²) in [5.41, 5.74) is 2.22. The standard InChI is InChI=1S/C21H25FN2O3S/c1-27-12-4-11-23-20(26)19-16-5-2-3-6-18(16)28-21(19)24-13-17(25)14-7-9-15(22)10-8-14/h7-10,24H,2-6,11-13H2,1H3,(H,23,26). The number of thiophene rings is 1. The molecule has 0 aliphatic heterocycles. The van der Waals surface area contributed by atoms with Gasteiger partial charge >= 0.3 is 0 Å². The molecule has 1 heterocycles. The Morgan fingerprint density at radius 1 is 1.18 bits per heavy atom. The number of rotatable bonds is 9. The van der Waals surface area contributed by atoms with Crippen LogP contribution in [0.1, 0.15) is 50.4 Å². The zero-order valence-electron chi connectivity index (χ0n) is 16.0. The van der Waals surface area contributed by atoms with Gasteiger partial charge in [0.15, 0.2) is 5.78 Å². The van der Waals surface area contributed by atoms with E-state index in [1.165, 1.54) is 29.1 Å². The number of amides is 1. The second-order valence-electron chi connectivity index (χ2n) is 6.80. The zero-order valence-corrected chi connectivity index (χ0v) is 16.8. The van der Waals surface area contributed by atoms with Gasteiger partial charge in [0, 0.05) is 30.7 Å². The first-order valence-electron chi connectivity index (χ1n) is 9.54. The molecule has 150 valence electrons. The number of ketones is 1. The SMILES string of the molecule is COCCCNC(=O)c1c(NCC(=O)c2ccc(F)cc2)sc2c1CCCC2. The van der Waals surface area contributed by atoms with Gasteiger partial charge < -0.3 is 15.4 Å². The minimum Gasteiger partial charge on any atom is -0.385 e. The second kappa shape index (κ2) is 9.80. The van der Waals surface area contributed by atoms with Crippen LogP contribution in [-0.4, -0.2) is 38.5 Å². The van der Waals surface area contributed by atoms with Crippen LogP contribution in [0.2, 0.25) is 0 Å². The van der Waals surface area contributed by atoms with Crippen molar-refractivity contribution in [3.8, 4) is 0 Å². The number of aryl methyl sites for hydroxylation is 1. The highest BCUT2D eigenvalue weighted by Gasteiger charge is 2.25. The Morgan fingerprint density at radius 2 is 1.93 bits per heavy atom. The van der Waals surface area contributed by atoms with Crippen molar-refractivity contribution in [3.63, 3.8) is 0 Å². The van der Waals surface area contributed by atoms with Crippen LogP contribution < -0.4 is 10.6 Å².